The minimum absolute atomic E-state index is 0.181. The van der Waals surface area contributed by atoms with Crippen LogP contribution in [0.1, 0.15) is 42.6 Å². The van der Waals surface area contributed by atoms with Gasteiger partial charge in [-0.05, 0) is 31.6 Å². The van der Waals surface area contributed by atoms with E-state index in [9.17, 15) is 4.79 Å². The van der Waals surface area contributed by atoms with Crippen LogP contribution in [-0.4, -0.2) is 27.6 Å². The summed E-state index contributed by atoms with van der Waals surface area (Å²) in [6.45, 7) is 4.68. The van der Waals surface area contributed by atoms with Gasteiger partial charge in [-0.3, -0.25) is 9.89 Å². The van der Waals surface area contributed by atoms with Crippen molar-refractivity contribution >= 4 is 5.91 Å². The molecular weight excluding hydrogens is 192 g/mol. The summed E-state index contributed by atoms with van der Waals surface area (Å²) in [5, 5.41) is 9.35. The Morgan fingerprint density at radius 3 is 2.80 bits per heavy atom. The van der Waals surface area contributed by atoms with E-state index in [2.05, 4.69) is 27.4 Å². The average molecular weight is 208 g/mol. The lowest BCUT2D eigenvalue weighted by Gasteiger charge is -2.11. The van der Waals surface area contributed by atoms with Gasteiger partial charge in [0.15, 0.2) is 0 Å². The number of aromatic amines is 1. The maximum Gasteiger partial charge on any atom is 0.290 e. The van der Waals surface area contributed by atoms with Crippen molar-refractivity contribution in [1.82, 2.24) is 20.5 Å². The number of H-pyrrole nitrogens is 1. The largest absolute Gasteiger partial charge is 0.349 e. The zero-order chi connectivity index (χ0) is 10.9. The zero-order valence-corrected chi connectivity index (χ0v) is 9.13. The Balaban J connectivity index is 1.88. The van der Waals surface area contributed by atoms with Gasteiger partial charge in [0.25, 0.3) is 5.91 Å². The third-order valence-electron chi connectivity index (χ3n) is 3.13. The lowest BCUT2D eigenvalue weighted by Crippen LogP contribution is -2.30. The molecule has 82 valence electrons. The van der Waals surface area contributed by atoms with Gasteiger partial charge in [-0.15, -0.1) is 5.10 Å². The number of rotatable bonds is 4. The van der Waals surface area contributed by atoms with Crippen LogP contribution < -0.4 is 5.32 Å². The Hall–Kier alpha value is -1.39. The van der Waals surface area contributed by atoms with Crippen molar-refractivity contribution in [3.63, 3.8) is 0 Å². The van der Waals surface area contributed by atoms with Gasteiger partial charge < -0.3 is 5.32 Å². The van der Waals surface area contributed by atoms with Crippen LogP contribution in [-0.2, 0) is 0 Å². The fourth-order valence-electron chi connectivity index (χ4n) is 1.62. The highest BCUT2D eigenvalue weighted by molar-refractivity contribution is 5.90. The standard InChI is InChI=1S/C10H16N4O/c1-3-10(4-5-10)6-11-9(15)8-12-7(2)13-14-8/h3-6H2,1-2H3,(H,11,15)(H,12,13,14). The van der Waals surface area contributed by atoms with Gasteiger partial charge >= 0.3 is 0 Å². The van der Waals surface area contributed by atoms with Gasteiger partial charge in [-0.2, -0.15) is 0 Å². The second kappa shape index (κ2) is 3.64. The Bertz CT molecular complexity index is 367. The van der Waals surface area contributed by atoms with E-state index >= 15 is 0 Å². The first kappa shape index (κ1) is 10.1. The lowest BCUT2D eigenvalue weighted by molar-refractivity contribution is 0.0934. The molecule has 0 radical (unpaired) electrons. The summed E-state index contributed by atoms with van der Waals surface area (Å²) in [5.41, 5.74) is 0.362. The van der Waals surface area contributed by atoms with Crippen molar-refractivity contribution in [2.75, 3.05) is 6.54 Å². The highest BCUT2D eigenvalue weighted by Crippen LogP contribution is 2.47. The highest BCUT2D eigenvalue weighted by atomic mass is 16.2. The molecule has 0 aromatic carbocycles. The summed E-state index contributed by atoms with van der Waals surface area (Å²) < 4.78 is 0. The average Bonchev–Trinajstić information content (AvgIpc) is 2.90. The molecule has 0 aliphatic heterocycles. The smallest absolute Gasteiger partial charge is 0.290 e. The molecule has 0 saturated heterocycles. The number of carbonyl (C=O) groups is 1. The quantitative estimate of drug-likeness (QED) is 0.776. The maximum atomic E-state index is 11.6. The van der Waals surface area contributed by atoms with Gasteiger partial charge in [-0.1, -0.05) is 6.92 Å². The lowest BCUT2D eigenvalue weighted by atomic mass is 10.0. The van der Waals surface area contributed by atoms with Crippen LogP contribution in [0.2, 0.25) is 0 Å². The number of aryl methyl sites for hydroxylation is 1. The molecule has 0 unspecified atom stereocenters. The Labute approximate surface area is 88.7 Å². The molecule has 1 fully saturated rings. The van der Waals surface area contributed by atoms with Crippen molar-refractivity contribution in [1.29, 1.82) is 0 Å². The van der Waals surface area contributed by atoms with Gasteiger partial charge in [0, 0.05) is 6.54 Å². The van der Waals surface area contributed by atoms with Crippen LogP contribution >= 0.6 is 0 Å². The van der Waals surface area contributed by atoms with Crippen LogP contribution in [0.3, 0.4) is 0 Å². The third kappa shape index (κ3) is 2.16. The fraction of sp³-hybridized carbons (Fsp3) is 0.700. The van der Waals surface area contributed by atoms with Crippen molar-refractivity contribution in [2.45, 2.75) is 33.1 Å². The molecule has 0 bridgehead atoms. The van der Waals surface area contributed by atoms with E-state index in [1.807, 2.05) is 0 Å². The predicted octanol–water partition coefficient (Wildman–Crippen LogP) is 1.03. The fourth-order valence-corrected chi connectivity index (χ4v) is 1.62. The second-order valence-electron chi connectivity index (χ2n) is 4.28. The first-order valence-electron chi connectivity index (χ1n) is 5.32. The summed E-state index contributed by atoms with van der Waals surface area (Å²) >= 11 is 0. The van der Waals surface area contributed by atoms with Gasteiger partial charge in [0.2, 0.25) is 5.82 Å². The molecule has 1 saturated carbocycles. The number of amides is 1. The monoisotopic (exact) mass is 208 g/mol. The van der Waals surface area contributed by atoms with E-state index in [1.165, 1.54) is 12.8 Å². The van der Waals surface area contributed by atoms with Gasteiger partial charge in [0.05, 0.1) is 0 Å². The maximum absolute atomic E-state index is 11.6. The topological polar surface area (TPSA) is 70.7 Å². The molecule has 15 heavy (non-hydrogen) atoms. The van der Waals surface area contributed by atoms with E-state index < -0.39 is 0 Å². The normalized spacial score (nSPS) is 17.5. The van der Waals surface area contributed by atoms with Crippen LogP contribution in [0.25, 0.3) is 0 Å². The summed E-state index contributed by atoms with van der Waals surface area (Å²) in [6.07, 6.45) is 3.56. The number of hydrogen-bond donors (Lipinski definition) is 2. The molecular formula is C10H16N4O. The van der Waals surface area contributed by atoms with Crippen LogP contribution in [0.15, 0.2) is 0 Å². The summed E-state index contributed by atoms with van der Waals surface area (Å²) in [6, 6.07) is 0. The van der Waals surface area contributed by atoms with Gasteiger partial charge in [-0.25, -0.2) is 4.98 Å². The molecule has 5 nitrogen and oxygen atoms in total. The number of hydrogen-bond acceptors (Lipinski definition) is 3. The van der Waals surface area contributed by atoms with E-state index in [4.69, 9.17) is 0 Å². The predicted molar refractivity (Wildman–Crippen MR) is 55.4 cm³/mol. The van der Waals surface area contributed by atoms with E-state index in [0.717, 1.165) is 13.0 Å². The molecule has 1 aromatic heterocycles. The summed E-state index contributed by atoms with van der Waals surface area (Å²) in [7, 11) is 0. The van der Waals surface area contributed by atoms with Crippen molar-refractivity contribution in [3.8, 4) is 0 Å². The molecule has 1 aliphatic rings. The Kier molecular flexibility index (Phi) is 2.46. The molecule has 1 heterocycles. The van der Waals surface area contributed by atoms with E-state index in [1.54, 1.807) is 6.92 Å². The minimum atomic E-state index is -0.181. The summed E-state index contributed by atoms with van der Waals surface area (Å²) in [5.74, 6) is 0.718. The highest BCUT2D eigenvalue weighted by Gasteiger charge is 2.40. The molecule has 2 rings (SSSR count). The first-order chi connectivity index (χ1) is 7.15. The van der Waals surface area contributed by atoms with Crippen LogP contribution in [0.5, 0.6) is 0 Å². The Morgan fingerprint density at radius 2 is 2.33 bits per heavy atom. The van der Waals surface area contributed by atoms with E-state index in [0.29, 0.717) is 11.2 Å². The SMILES string of the molecule is CCC1(CNC(=O)c2n[nH]c(C)n2)CC1. The van der Waals surface area contributed by atoms with Crippen molar-refractivity contribution in [3.05, 3.63) is 11.6 Å². The number of aromatic nitrogens is 3. The molecule has 1 amide bonds. The zero-order valence-electron chi connectivity index (χ0n) is 9.13. The molecule has 0 atom stereocenters. The van der Waals surface area contributed by atoms with Crippen LogP contribution in [0.4, 0.5) is 0 Å². The molecule has 0 spiro atoms. The number of nitrogens with one attached hydrogen (secondary N) is 2. The number of nitrogens with zero attached hydrogens (tertiary/aromatic N) is 2. The molecule has 5 heteroatoms. The molecule has 1 aliphatic carbocycles. The summed E-state index contributed by atoms with van der Waals surface area (Å²) in [4.78, 5) is 15.6. The second-order valence-corrected chi connectivity index (χ2v) is 4.28. The van der Waals surface area contributed by atoms with E-state index in [-0.39, 0.29) is 11.7 Å². The number of carbonyl (C=O) groups excluding carboxylic acids is 1. The third-order valence-corrected chi connectivity index (χ3v) is 3.13. The molecule has 1 aromatic rings. The van der Waals surface area contributed by atoms with Crippen LogP contribution in [0, 0.1) is 12.3 Å². The Morgan fingerprint density at radius 1 is 1.60 bits per heavy atom. The van der Waals surface area contributed by atoms with Crippen molar-refractivity contribution in [2.24, 2.45) is 5.41 Å². The first-order valence-corrected chi connectivity index (χ1v) is 5.32. The van der Waals surface area contributed by atoms with Crippen molar-refractivity contribution < 1.29 is 4.79 Å². The minimum Gasteiger partial charge on any atom is -0.349 e. The van der Waals surface area contributed by atoms with Gasteiger partial charge in [0.1, 0.15) is 5.82 Å². The molecule has 2 N–H and O–H groups in total.